The second kappa shape index (κ2) is 5.72. The van der Waals surface area contributed by atoms with Crippen LogP contribution in [0.5, 0.6) is 0 Å². The Kier molecular flexibility index (Phi) is 4.49. The summed E-state index contributed by atoms with van der Waals surface area (Å²) in [6.45, 7) is 3.38. The van der Waals surface area contributed by atoms with Crippen molar-refractivity contribution in [3.05, 3.63) is 17.8 Å². The molecule has 0 unspecified atom stereocenters. The summed E-state index contributed by atoms with van der Waals surface area (Å²) in [7, 11) is 0. The van der Waals surface area contributed by atoms with Crippen LogP contribution in [-0.4, -0.2) is 23.3 Å². The third-order valence-electron chi connectivity index (χ3n) is 1.70. The minimum absolute atomic E-state index is 0.0698. The summed E-state index contributed by atoms with van der Waals surface area (Å²) in [4.78, 5) is 3.86. The van der Waals surface area contributed by atoms with Crippen LogP contribution in [0.2, 0.25) is 0 Å². The minimum atomic E-state index is -0.0698. The topological polar surface area (TPSA) is 55.5 Å². The number of hydrogen-bond acceptors (Lipinski definition) is 4. The molecule has 0 atom stereocenters. The van der Waals surface area contributed by atoms with Crippen LogP contribution in [0.25, 0.3) is 0 Å². The lowest BCUT2D eigenvalue weighted by atomic mass is 10.3. The van der Waals surface area contributed by atoms with Crippen molar-refractivity contribution in [2.75, 3.05) is 13.2 Å². The molecule has 0 spiro atoms. The molecule has 0 aliphatic carbocycles. The van der Waals surface area contributed by atoms with Crippen molar-refractivity contribution in [1.29, 1.82) is 0 Å². The summed E-state index contributed by atoms with van der Waals surface area (Å²) in [5, 5.41) is 8.85. The molecule has 0 aromatic carbocycles. The van der Waals surface area contributed by atoms with Gasteiger partial charge >= 0.3 is 0 Å². The number of rotatable bonds is 6. The van der Waals surface area contributed by atoms with Crippen molar-refractivity contribution in [2.45, 2.75) is 26.4 Å². The summed E-state index contributed by atoms with van der Waals surface area (Å²) >= 11 is 0. The molecule has 0 aliphatic heterocycles. The normalized spacial score (nSPS) is 10.6. The smallest absolute Gasteiger partial charge is 0.181 e. The van der Waals surface area contributed by atoms with E-state index in [1.54, 1.807) is 0 Å². The van der Waals surface area contributed by atoms with E-state index >= 15 is 0 Å². The van der Waals surface area contributed by atoms with Crippen molar-refractivity contribution in [1.82, 2.24) is 4.98 Å². The monoisotopic (exact) mass is 185 g/mol. The van der Waals surface area contributed by atoms with Crippen LogP contribution < -0.4 is 0 Å². The first-order chi connectivity index (χ1) is 6.38. The third-order valence-corrected chi connectivity index (χ3v) is 1.70. The molecule has 0 bridgehead atoms. The van der Waals surface area contributed by atoms with E-state index in [2.05, 4.69) is 11.9 Å². The second-order valence-corrected chi connectivity index (χ2v) is 2.74. The molecule has 0 saturated heterocycles. The molecule has 0 fully saturated rings. The predicted molar refractivity (Wildman–Crippen MR) is 47.2 cm³/mol. The average Bonchev–Trinajstić information content (AvgIpc) is 2.60. The van der Waals surface area contributed by atoms with Gasteiger partial charge in [-0.05, 0) is 6.42 Å². The van der Waals surface area contributed by atoms with Gasteiger partial charge in [-0.2, -0.15) is 0 Å². The zero-order chi connectivity index (χ0) is 9.52. The Balaban J connectivity index is 2.27. The fourth-order valence-corrected chi connectivity index (χ4v) is 1.04. The van der Waals surface area contributed by atoms with E-state index < -0.39 is 0 Å². The van der Waals surface area contributed by atoms with Gasteiger partial charge in [-0.1, -0.05) is 6.92 Å². The highest BCUT2D eigenvalue weighted by Crippen LogP contribution is 2.07. The fourth-order valence-electron chi connectivity index (χ4n) is 1.04. The number of aliphatic hydroxyl groups is 1. The molecule has 1 aromatic rings. The molecule has 1 aromatic heterocycles. The maximum absolute atomic E-state index is 8.85. The molecule has 0 radical (unpaired) electrons. The largest absolute Gasteiger partial charge is 0.448 e. The van der Waals surface area contributed by atoms with Gasteiger partial charge in [0.1, 0.15) is 11.5 Å². The fraction of sp³-hybridized carbons (Fsp3) is 0.667. The van der Waals surface area contributed by atoms with E-state index in [0.29, 0.717) is 18.7 Å². The number of aliphatic hydroxyl groups excluding tert-OH is 1. The Labute approximate surface area is 77.5 Å². The first kappa shape index (κ1) is 10.2. The Morgan fingerprint density at radius 2 is 2.38 bits per heavy atom. The highest BCUT2D eigenvalue weighted by Gasteiger charge is 2.05. The molecule has 1 heterocycles. The van der Waals surface area contributed by atoms with E-state index in [9.17, 15) is 0 Å². The number of aromatic nitrogens is 1. The third kappa shape index (κ3) is 3.16. The lowest BCUT2D eigenvalue weighted by Gasteiger charge is -2.00. The van der Waals surface area contributed by atoms with Gasteiger partial charge in [-0.15, -0.1) is 0 Å². The van der Waals surface area contributed by atoms with Gasteiger partial charge in [-0.25, -0.2) is 4.98 Å². The van der Waals surface area contributed by atoms with Crippen LogP contribution in [0, 0.1) is 0 Å². The van der Waals surface area contributed by atoms with Crippen molar-refractivity contribution < 1.29 is 14.3 Å². The quantitative estimate of drug-likeness (QED) is 0.675. The molecule has 1 rings (SSSR count). The number of ether oxygens (including phenoxy) is 1. The zero-order valence-electron chi connectivity index (χ0n) is 7.82. The van der Waals surface area contributed by atoms with Gasteiger partial charge in [0.25, 0.3) is 0 Å². The van der Waals surface area contributed by atoms with E-state index in [-0.39, 0.29) is 6.61 Å². The van der Waals surface area contributed by atoms with Crippen LogP contribution in [-0.2, 0) is 17.8 Å². The van der Waals surface area contributed by atoms with Gasteiger partial charge in [0, 0.05) is 13.0 Å². The van der Waals surface area contributed by atoms with Crippen LogP contribution in [0.4, 0.5) is 0 Å². The molecule has 13 heavy (non-hydrogen) atoms. The second-order valence-electron chi connectivity index (χ2n) is 2.74. The van der Waals surface area contributed by atoms with Crippen LogP contribution >= 0.6 is 0 Å². The van der Waals surface area contributed by atoms with Crippen LogP contribution in [0.1, 0.15) is 24.8 Å². The summed E-state index contributed by atoms with van der Waals surface area (Å²) in [5.74, 6) is 0.721. The molecular weight excluding hydrogens is 170 g/mol. The van der Waals surface area contributed by atoms with E-state index in [0.717, 1.165) is 18.8 Å². The molecule has 74 valence electrons. The minimum Gasteiger partial charge on any atom is -0.448 e. The maximum Gasteiger partial charge on any atom is 0.181 e. The molecule has 4 heteroatoms. The molecule has 4 nitrogen and oxygen atoms in total. The standard InChI is InChI=1S/C9H15NO3/c1-2-4-12-5-3-9-8(6-11)10-7-13-9/h7,11H,2-6H2,1H3. The van der Waals surface area contributed by atoms with Crippen molar-refractivity contribution in [2.24, 2.45) is 0 Å². The van der Waals surface area contributed by atoms with Crippen molar-refractivity contribution in [3.8, 4) is 0 Å². The van der Waals surface area contributed by atoms with Gasteiger partial charge in [0.15, 0.2) is 6.39 Å². The summed E-state index contributed by atoms with van der Waals surface area (Å²) in [6, 6.07) is 0. The molecule has 0 aliphatic rings. The SMILES string of the molecule is CCCOCCc1ocnc1CO. The van der Waals surface area contributed by atoms with Crippen molar-refractivity contribution in [3.63, 3.8) is 0 Å². The molecule has 0 saturated carbocycles. The zero-order valence-corrected chi connectivity index (χ0v) is 7.82. The summed E-state index contributed by atoms with van der Waals surface area (Å²) in [5.41, 5.74) is 0.611. The van der Waals surface area contributed by atoms with Gasteiger partial charge in [0.05, 0.1) is 13.2 Å². The van der Waals surface area contributed by atoms with Crippen LogP contribution in [0.15, 0.2) is 10.8 Å². The Bertz CT molecular complexity index is 235. The van der Waals surface area contributed by atoms with Gasteiger partial charge in [0.2, 0.25) is 0 Å². The first-order valence-corrected chi connectivity index (χ1v) is 4.48. The molecule has 0 amide bonds. The van der Waals surface area contributed by atoms with Gasteiger partial charge in [-0.3, -0.25) is 0 Å². The summed E-state index contributed by atoms with van der Waals surface area (Å²) < 4.78 is 10.4. The lowest BCUT2D eigenvalue weighted by Crippen LogP contribution is -2.01. The highest BCUT2D eigenvalue weighted by atomic mass is 16.5. The number of nitrogens with zero attached hydrogens (tertiary/aromatic N) is 1. The molecular formula is C9H15NO3. The van der Waals surface area contributed by atoms with Crippen LogP contribution in [0.3, 0.4) is 0 Å². The lowest BCUT2D eigenvalue weighted by molar-refractivity contribution is 0.133. The van der Waals surface area contributed by atoms with E-state index in [1.807, 2.05) is 0 Å². The average molecular weight is 185 g/mol. The van der Waals surface area contributed by atoms with E-state index in [1.165, 1.54) is 6.39 Å². The summed E-state index contributed by atoms with van der Waals surface area (Å²) in [6.07, 6.45) is 3.04. The maximum atomic E-state index is 8.85. The predicted octanol–water partition coefficient (Wildman–Crippen LogP) is 1.14. The Morgan fingerprint density at radius 1 is 1.54 bits per heavy atom. The highest BCUT2D eigenvalue weighted by molar-refractivity contribution is 5.05. The first-order valence-electron chi connectivity index (χ1n) is 4.48. The Hall–Kier alpha value is -0.870. The van der Waals surface area contributed by atoms with Gasteiger partial charge < -0.3 is 14.3 Å². The number of hydrogen-bond donors (Lipinski definition) is 1. The Morgan fingerprint density at radius 3 is 3.08 bits per heavy atom. The molecule has 1 N–H and O–H groups in total. The number of oxazole rings is 1. The van der Waals surface area contributed by atoms with E-state index in [4.69, 9.17) is 14.3 Å². The van der Waals surface area contributed by atoms with Crippen molar-refractivity contribution >= 4 is 0 Å².